The van der Waals surface area contributed by atoms with Crippen LogP contribution in [0, 0.1) is 6.92 Å². The normalized spacial score (nSPS) is 11.6. The maximum Gasteiger partial charge on any atom is 0.340 e. The molecule has 0 unspecified atom stereocenters. The Kier molecular flexibility index (Phi) is 6.09. The van der Waals surface area contributed by atoms with Crippen molar-refractivity contribution in [2.24, 2.45) is 0 Å². The molecule has 4 aromatic rings. The largest absolute Gasteiger partial charge is 0.492 e. The van der Waals surface area contributed by atoms with E-state index in [9.17, 15) is 8.42 Å². The first-order chi connectivity index (χ1) is 14.8. The van der Waals surface area contributed by atoms with Gasteiger partial charge >= 0.3 is 10.1 Å². The van der Waals surface area contributed by atoms with Crippen molar-refractivity contribution in [3.8, 4) is 11.6 Å². The fraction of sp³-hybridized carbons (Fsp3) is 0.136. The Morgan fingerprint density at radius 1 is 0.935 bits per heavy atom. The van der Waals surface area contributed by atoms with Crippen LogP contribution in [0.4, 0.5) is 0 Å². The molecule has 0 saturated carbocycles. The molecule has 1 aromatic heterocycles. The van der Waals surface area contributed by atoms with Gasteiger partial charge in [-0.05, 0) is 48.0 Å². The summed E-state index contributed by atoms with van der Waals surface area (Å²) in [6.07, 6.45) is 0. The van der Waals surface area contributed by atoms with Crippen molar-refractivity contribution < 1.29 is 17.3 Å². The van der Waals surface area contributed by atoms with E-state index in [1.54, 1.807) is 13.0 Å². The van der Waals surface area contributed by atoms with Crippen LogP contribution in [0.1, 0.15) is 5.69 Å². The van der Waals surface area contributed by atoms with E-state index in [4.69, 9.17) is 32.1 Å². The minimum absolute atomic E-state index is 0.0886. The molecule has 9 heteroatoms. The summed E-state index contributed by atoms with van der Waals surface area (Å²) in [5.74, 6) is 0.805. The van der Waals surface area contributed by atoms with Crippen molar-refractivity contribution in [1.29, 1.82) is 0 Å². The molecule has 0 amide bonds. The van der Waals surface area contributed by atoms with Gasteiger partial charge in [0.1, 0.15) is 17.3 Å². The maximum absolute atomic E-state index is 12.7. The SMILES string of the molecule is Cc1cc(OS(=O)(=O)c2ccc(Cl)c(Cl)c2)n(CCOc2ccc3ccccc3c2)n1. The summed E-state index contributed by atoms with van der Waals surface area (Å²) in [7, 11) is -4.11. The summed E-state index contributed by atoms with van der Waals surface area (Å²) >= 11 is 11.8. The van der Waals surface area contributed by atoms with Crippen LogP contribution in [0.25, 0.3) is 10.8 Å². The first kappa shape index (κ1) is 21.5. The molecule has 6 nitrogen and oxygen atoms in total. The van der Waals surface area contributed by atoms with E-state index in [1.165, 1.54) is 22.9 Å². The predicted molar refractivity (Wildman–Crippen MR) is 121 cm³/mol. The van der Waals surface area contributed by atoms with Crippen molar-refractivity contribution in [1.82, 2.24) is 9.78 Å². The second kappa shape index (κ2) is 8.78. The van der Waals surface area contributed by atoms with Crippen LogP contribution >= 0.6 is 23.2 Å². The highest BCUT2D eigenvalue weighted by Gasteiger charge is 2.21. The Morgan fingerprint density at radius 3 is 2.48 bits per heavy atom. The minimum atomic E-state index is -4.11. The summed E-state index contributed by atoms with van der Waals surface area (Å²) in [4.78, 5) is -0.0975. The summed E-state index contributed by atoms with van der Waals surface area (Å²) in [6, 6.07) is 19.4. The van der Waals surface area contributed by atoms with E-state index in [0.29, 0.717) is 18.0 Å². The average Bonchev–Trinajstić information content (AvgIpc) is 3.08. The van der Waals surface area contributed by atoms with Gasteiger partial charge in [-0.1, -0.05) is 53.5 Å². The monoisotopic (exact) mass is 476 g/mol. The minimum Gasteiger partial charge on any atom is -0.492 e. The Balaban J connectivity index is 1.47. The fourth-order valence-electron chi connectivity index (χ4n) is 3.05. The lowest BCUT2D eigenvalue weighted by Gasteiger charge is -2.11. The first-order valence-electron chi connectivity index (χ1n) is 9.37. The van der Waals surface area contributed by atoms with E-state index in [-0.39, 0.29) is 27.4 Å². The molecule has 31 heavy (non-hydrogen) atoms. The van der Waals surface area contributed by atoms with Gasteiger partial charge in [0, 0.05) is 6.07 Å². The molecular weight excluding hydrogens is 459 g/mol. The topological polar surface area (TPSA) is 70.4 Å². The molecule has 160 valence electrons. The second-order valence-corrected chi connectivity index (χ2v) is 9.18. The number of fused-ring (bicyclic) bond motifs is 1. The summed E-state index contributed by atoms with van der Waals surface area (Å²) in [6.45, 7) is 2.33. The lowest BCUT2D eigenvalue weighted by Crippen LogP contribution is -2.16. The standard InChI is InChI=1S/C22H18Cl2N2O4S/c1-15-12-22(30-31(27,28)19-8-9-20(23)21(24)14-19)26(25-15)10-11-29-18-7-6-16-4-2-3-5-17(16)13-18/h2-9,12-14H,10-11H2,1H3. The highest BCUT2D eigenvalue weighted by atomic mass is 35.5. The van der Waals surface area contributed by atoms with Crippen molar-refractivity contribution in [3.05, 3.63) is 82.5 Å². The molecule has 0 bridgehead atoms. The molecule has 0 N–H and O–H groups in total. The first-order valence-corrected chi connectivity index (χ1v) is 11.5. The van der Waals surface area contributed by atoms with E-state index >= 15 is 0 Å². The third-order valence-electron chi connectivity index (χ3n) is 4.53. The lowest BCUT2D eigenvalue weighted by atomic mass is 10.1. The third kappa shape index (κ3) is 4.95. The highest BCUT2D eigenvalue weighted by Crippen LogP contribution is 2.27. The lowest BCUT2D eigenvalue weighted by molar-refractivity contribution is 0.284. The van der Waals surface area contributed by atoms with Crippen LogP contribution in [-0.4, -0.2) is 24.8 Å². The van der Waals surface area contributed by atoms with Gasteiger partial charge in [0.2, 0.25) is 5.88 Å². The van der Waals surface area contributed by atoms with Crippen LogP contribution in [0.2, 0.25) is 10.0 Å². The van der Waals surface area contributed by atoms with Gasteiger partial charge in [-0.15, -0.1) is 0 Å². The van der Waals surface area contributed by atoms with Crippen molar-refractivity contribution >= 4 is 44.1 Å². The average molecular weight is 477 g/mol. The van der Waals surface area contributed by atoms with Gasteiger partial charge in [0.15, 0.2) is 0 Å². The Morgan fingerprint density at radius 2 is 1.71 bits per heavy atom. The van der Waals surface area contributed by atoms with Crippen molar-refractivity contribution in [2.75, 3.05) is 6.61 Å². The number of aromatic nitrogens is 2. The number of halogens is 2. The Hall–Kier alpha value is -2.74. The van der Waals surface area contributed by atoms with Crippen LogP contribution in [0.5, 0.6) is 11.6 Å². The van der Waals surface area contributed by atoms with Crippen LogP contribution in [0.15, 0.2) is 71.6 Å². The number of hydrogen-bond acceptors (Lipinski definition) is 5. The predicted octanol–water partition coefficient (Wildman–Crippen LogP) is 5.50. The molecule has 0 spiro atoms. The molecule has 0 saturated heterocycles. The van der Waals surface area contributed by atoms with Crippen molar-refractivity contribution in [3.63, 3.8) is 0 Å². The van der Waals surface area contributed by atoms with Crippen LogP contribution in [-0.2, 0) is 16.7 Å². The van der Waals surface area contributed by atoms with Crippen LogP contribution < -0.4 is 8.92 Å². The zero-order chi connectivity index (χ0) is 22.0. The van der Waals surface area contributed by atoms with E-state index < -0.39 is 10.1 Å². The van der Waals surface area contributed by atoms with Gasteiger partial charge in [-0.3, -0.25) is 0 Å². The molecular formula is C22H18Cl2N2O4S. The molecule has 1 heterocycles. The van der Waals surface area contributed by atoms with Gasteiger partial charge in [0.25, 0.3) is 0 Å². The summed E-state index contributed by atoms with van der Waals surface area (Å²) in [5, 5.41) is 6.88. The van der Waals surface area contributed by atoms with Gasteiger partial charge in [0.05, 0.1) is 22.3 Å². The number of nitrogens with zero attached hydrogens (tertiary/aromatic N) is 2. The fourth-order valence-corrected chi connectivity index (χ4v) is 4.36. The molecule has 4 rings (SSSR count). The number of ether oxygens (including phenoxy) is 1. The molecule has 0 aliphatic rings. The van der Waals surface area contributed by atoms with Crippen molar-refractivity contribution in [2.45, 2.75) is 18.4 Å². The van der Waals surface area contributed by atoms with E-state index in [1.807, 2.05) is 42.5 Å². The second-order valence-electron chi connectivity index (χ2n) is 6.82. The summed E-state index contributed by atoms with van der Waals surface area (Å²) in [5.41, 5.74) is 0.616. The number of benzene rings is 3. The number of hydrogen-bond donors (Lipinski definition) is 0. The number of aryl methyl sites for hydroxylation is 1. The zero-order valence-electron chi connectivity index (χ0n) is 16.5. The maximum atomic E-state index is 12.7. The van der Waals surface area contributed by atoms with E-state index in [0.717, 1.165) is 10.8 Å². The Labute approximate surface area is 190 Å². The van der Waals surface area contributed by atoms with E-state index in [2.05, 4.69) is 5.10 Å². The van der Waals surface area contributed by atoms with Gasteiger partial charge < -0.3 is 8.92 Å². The molecule has 0 radical (unpaired) electrons. The molecule has 3 aromatic carbocycles. The Bertz CT molecular complexity index is 1350. The molecule has 0 aliphatic carbocycles. The third-order valence-corrected chi connectivity index (χ3v) is 6.49. The molecule has 0 atom stereocenters. The smallest absolute Gasteiger partial charge is 0.340 e. The van der Waals surface area contributed by atoms with Crippen LogP contribution in [0.3, 0.4) is 0 Å². The van der Waals surface area contributed by atoms with Gasteiger partial charge in [-0.25, -0.2) is 4.68 Å². The quantitative estimate of drug-likeness (QED) is 0.329. The molecule has 0 fully saturated rings. The number of rotatable bonds is 7. The molecule has 0 aliphatic heterocycles. The zero-order valence-corrected chi connectivity index (χ0v) is 18.8. The highest BCUT2D eigenvalue weighted by molar-refractivity contribution is 7.87. The summed E-state index contributed by atoms with van der Waals surface area (Å²) < 4.78 is 37.9. The van der Waals surface area contributed by atoms with Gasteiger partial charge in [-0.2, -0.15) is 13.5 Å².